The van der Waals surface area contributed by atoms with Gasteiger partial charge in [0, 0.05) is 11.2 Å². The molecule has 0 aliphatic heterocycles. The molecule has 0 saturated heterocycles. The van der Waals surface area contributed by atoms with Gasteiger partial charge in [-0.25, -0.2) is 4.98 Å². The zero-order valence-electron chi connectivity index (χ0n) is 8.77. The number of aromatic nitrogens is 1. The molecule has 0 spiro atoms. The standard InChI is InChI=1S/C12H11ClN2O/c1-8-5-6-15-12(11(8)14)16-10-4-2-3-9(13)7-10/h2-7H,14H2,1H3. The minimum atomic E-state index is 0.405. The zero-order valence-corrected chi connectivity index (χ0v) is 9.53. The topological polar surface area (TPSA) is 48.1 Å². The summed E-state index contributed by atoms with van der Waals surface area (Å²) in [5, 5.41) is 0.615. The molecule has 0 unspecified atom stereocenters. The molecule has 82 valence electrons. The number of nitrogen functional groups attached to an aromatic ring is 1. The Morgan fingerprint density at radius 1 is 1.31 bits per heavy atom. The average molecular weight is 235 g/mol. The molecular formula is C12H11ClN2O. The third-order valence-corrected chi connectivity index (χ3v) is 2.42. The Kier molecular flexibility index (Phi) is 2.97. The van der Waals surface area contributed by atoms with Crippen molar-refractivity contribution >= 4 is 17.3 Å². The summed E-state index contributed by atoms with van der Waals surface area (Å²) in [6.45, 7) is 1.90. The second-order valence-corrected chi connectivity index (χ2v) is 3.84. The van der Waals surface area contributed by atoms with Crippen LogP contribution in [0.1, 0.15) is 5.56 Å². The molecule has 1 aromatic heterocycles. The van der Waals surface area contributed by atoms with E-state index in [1.54, 1.807) is 24.4 Å². The Morgan fingerprint density at radius 3 is 2.88 bits per heavy atom. The van der Waals surface area contributed by atoms with Crippen LogP contribution < -0.4 is 10.5 Å². The summed E-state index contributed by atoms with van der Waals surface area (Å²) in [5.41, 5.74) is 7.33. The molecule has 3 nitrogen and oxygen atoms in total. The van der Waals surface area contributed by atoms with Crippen LogP contribution in [0, 0.1) is 6.92 Å². The van der Waals surface area contributed by atoms with E-state index < -0.39 is 0 Å². The highest BCUT2D eigenvalue weighted by atomic mass is 35.5. The third-order valence-electron chi connectivity index (χ3n) is 2.18. The van der Waals surface area contributed by atoms with Crippen molar-refractivity contribution in [3.05, 3.63) is 47.1 Å². The van der Waals surface area contributed by atoms with Crippen molar-refractivity contribution < 1.29 is 4.74 Å². The number of aryl methyl sites for hydroxylation is 1. The van der Waals surface area contributed by atoms with Crippen LogP contribution >= 0.6 is 11.6 Å². The van der Waals surface area contributed by atoms with E-state index in [2.05, 4.69) is 4.98 Å². The minimum Gasteiger partial charge on any atom is -0.437 e. The molecule has 0 fully saturated rings. The average Bonchev–Trinajstić information content (AvgIpc) is 2.25. The van der Waals surface area contributed by atoms with Crippen molar-refractivity contribution in [2.24, 2.45) is 0 Å². The molecular weight excluding hydrogens is 224 g/mol. The summed E-state index contributed by atoms with van der Waals surface area (Å²) >= 11 is 5.85. The van der Waals surface area contributed by atoms with E-state index in [0.29, 0.717) is 22.3 Å². The summed E-state index contributed by atoms with van der Waals surface area (Å²) in [4.78, 5) is 4.07. The van der Waals surface area contributed by atoms with Crippen molar-refractivity contribution in [2.45, 2.75) is 6.92 Å². The van der Waals surface area contributed by atoms with E-state index in [4.69, 9.17) is 22.1 Å². The van der Waals surface area contributed by atoms with Crippen LogP contribution in [0.3, 0.4) is 0 Å². The van der Waals surface area contributed by atoms with E-state index in [0.717, 1.165) is 5.56 Å². The van der Waals surface area contributed by atoms with E-state index in [9.17, 15) is 0 Å². The van der Waals surface area contributed by atoms with Crippen LogP contribution in [-0.4, -0.2) is 4.98 Å². The Morgan fingerprint density at radius 2 is 2.12 bits per heavy atom. The maximum Gasteiger partial charge on any atom is 0.242 e. The lowest BCUT2D eigenvalue weighted by Gasteiger charge is -2.08. The number of rotatable bonds is 2. The van der Waals surface area contributed by atoms with Gasteiger partial charge in [0.25, 0.3) is 0 Å². The molecule has 2 aromatic rings. The number of nitrogens with two attached hydrogens (primary N) is 1. The fourth-order valence-electron chi connectivity index (χ4n) is 1.27. The summed E-state index contributed by atoms with van der Waals surface area (Å²) in [5.74, 6) is 1.03. The highest BCUT2D eigenvalue weighted by Gasteiger charge is 2.05. The summed E-state index contributed by atoms with van der Waals surface area (Å²) in [6.07, 6.45) is 1.66. The molecule has 4 heteroatoms. The molecule has 0 aliphatic rings. The largest absolute Gasteiger partial charge is 0.437 e. The van der Waals surface area contributed by atoms with Gasteiger partial charge in [0.05, 0.1) is 5.69 Å². The second kappa shape index (κ2) is 4.41. The third kappa shape index (κ3) is 2.25. The number of anilines is 1. The maximum absolute atomic E-state index is 5.85. The number of benzene rings is 1. The lowest BCUT2D eigenvalue weighted by atomic mass is 10.2. The molecule has 0 aliphatic carbocycles. The van der Waals surface area contributed by atoms with Crippen LogP contribution in [-0.2, 0) is 0 Å². The summed E-state index contributed by atoms with van der Waals surface area (Å²) < 4.78 is 5.55. The van der Waals surface area contributed by atoms with Gasteiger partial charge in [-0.1, -0.05) is 17.7 Å². The van der Waals surface area contributed by atoms with Gasteiger partial charge in [-0.05, 0) is 36.8 Å². The highest BCUT2D eigenvalue weighted by molar-refractivity contribution is 6.30. The summed E-state index contributed by atoms with van der Waals surface area (Å²) in [7, 11) is 0. The molecule has 0 saturated carbocycles. The van der Waals surface area contributed by atoms with Crippen molar-refractivity contribution in [3.8, 4) is 11.6 Å². The molecule has 16 heavy (non-hydrogen) atoms. The second-order valence-electron chi connectivity index (χ2n) is 3.41. The Bertz CT molecular complexity index is 514. The lowest BCUT2D eigenvalue weighted by molar-refractivity contribution is 0.465. The number of ether oxygens (including phenoxy) is 1. The number of halogens is 1. The first-order valence-electron chi connectivity index (χ1n) is 4.81. The first-order chi connectivity index (χ1) is 7.66. The SMILES string of the molecule is Cc1ccnc(Oc2cccc(Cl)c2)c1N. The molecule has 0 amide bonds. The summed E-state index contributed by atoms with van der Waals surface area (Å²) in [6, 6.07) is 8.94. The van der Waals surface area contributed by atoms with Crippen LogP contribution in [0.4, 0.5) is 5.69 Å². The molecule has 1 heterocycles. The van der Waals surface area contributed by atoms with Crippen molar-refractivity contribution in [1.29, 1.82) is 0 Å². The van der Waals surface area contributed by atoms with E-state index >= 15 is 0 Å². The van der Waals surface area contributed by atoms with Crippen LogP contribution in [0.5, 0.6) is 11.6 Å². The van der Waals surface area contributed by atoms with E-state index in [-0.39, 0.29) is 0 Å². The van der Waals surface area contributed by atoms with Gasteiger partial charge in [-0.2, -0.15) is 0 Å². The smallest absolute Gasteiger partial charge is 0.242 e. The maximum atomic E-state index is 5.85. The minimum absolute atomic E-state index is 0.405. The fraction of sp³-hybridized carbons (Fsp3) is 0.0833. The van der Waals surface area contributed by atoms with Crippen LogP contribution in [0.25, 0.3) is 0 Å². The Balaban J connectivity index is 2.31. The fourth-order valence-corrected chi connectivity index (χ4v) is 1.45. The predicted molar refractivity (Wildman–Crippen MR) is 64.9 cm³/mol. The first kappa shape index (κ1) is 10.8. The number of hydrogen-bond acceptors (Lipinski definition) is 3. The highest BCUT2D eigenvalue weighted by Crippen LogP contribution is 2.28. The first-order valence-corrected chi connectivity index (χ1v) is 5.19. The Labute approximate surface area is 98.8 Å². The molecule has 2 N–H and O–H groups in total. The van der Waals surface area contributed by atoms with Crippen LogP contribution in [0.15, 0.2) is 36.5 Å². The Hall–Kier alpha value is -1.74. The van der Waals surface area contributed by atoms with Crippen molar-refractivity contribution in [1.82, 2.24) is 4.98 Å². The number of nitrogens with zero attached hydrogens (tertiary/aromatic N) is 1. The van der Waals surface area contributed by atoms with Crippen molar-refractivity contribution in [2.75, 3.05) is 5.73 Å². The van der Waals surface area contributed by atoms with E-state index in [1.807, 2.05) is 19.1 Å². The normalized spacial score (nSPS) is 10.1. The monoisotopic (exact) mass is 234 g/mol. The number of hydrogen-bond donors (Lipinski definition) is 1. The number of pyridine rings is 1. The quantitative estimate of drug-likeness (QED) is 0.866. The molecule has 0 bridgehead atoms. The molecule has 0 atom stereocenters. The van der Waals surface area contributed by atoms with Gasteiger partial charge in [-0.3, -0.25) is 0 Å². The van der Waals surface area contributed by atoms with Crippen molar-refractivity contribution in [3.63, 3.8) is 0 Å². The predicted octanol–water partition coefficient (Wildman–Crippen LogP) is 3.42. The van der Waals surface area contributed by atoms with Gasteiger partial charge >= 0.3 is 0 Å². The van der Waals surface area contributed by atoms with Gasteiger partial charge in [0.1, 0.15) is 5.75 Å². The molecule has 1 aromatic carbocycles. The zero-order chi connectivity index (χ0) is 11.5. The van der Waals surface area contributed by atoms with Gasteiger partial charge < -0.3 is 10.5 Å². The molecule has 2 rings (SSSR count). The van der Waals surface area contributed by atoms with Gasteiger partial charge in [0.2, 0.25) is 5.88 Å². The van der Waals surface area contributed by atoms with Gasteiger partial charge in [-0.15, -0.1) is 0 Å². The molecule has 0 radical (unpaired) electrons. The van der Waals surface area contributed by atoms with Gasteiger partial charge in [0.15, 0.2) is 0 Å². The lowest BCUT2D eigenvalue weighted by Crippen LogP contribution is -1.97. The van der Waals surface area contributed by atoms with Crippen LogP contribution in [0.2, 0.25) is 5.02 Å². The van der Waals surface area contributed by atoms with E-state index in [1.165, 1.54) is 0 Å².